The molecule has 2 heterocycles. The van der Waals surface area contributed by atoms with Gasteiger partial charge in [0.1, 0.15) is 0 Å². The smallest absolute Gasteiger partial charge is 0.231 e. The van der Waals surface area contributed by atoms with E-state index in [0.717, 1.165) is 31.1 Å². The van der Waals surface area contributed by atoms with Gasteiger partial charge in [-0.25, -0.2) is 0 Å². The van der Waals surface area contributed by atoms with E-state index in [1.807, 2.05) is 6.07 Å². The lowest BCUT2D eigenvalue weighted by molar-refractivity contribution is 0.174. The van der Waals surface area contributed by atoms with E-state index in [2.05, 4.69) is 59.6 Å². The standard InChI is InChI=1S/C21H26N2O2/c1-16(18-7-8-20-21(13-18)25-15-24-20)22-19-9-11-23(12-10-19)14-17-5-3-2-4-6-17/h2-8,13,16,19,22H,9-12,14-15H2,1H3. The highest BCUT2D eigenvalue weighted by atomic mass is 16.7. The molecule has 4 heteroatoms. The summed E-state index contributed by atoms with van der Waals surface area (Å²) in [7, 11) is 0. The quantitative estimate of drug-likeness (QED) is 0.901. The Bertz CT molecular complexity index is 696. The molecule has 25 heavy (non-hydrogen) atoms. The molecule has 1 fully saturated rings. The van der Waals surface area contributed by atoms with Gasteiger partial charge in [0.25, 0.3) is 0 Å². The van der Waals surface area contributed by atoms with E-state index in [1.54, 1.807) is 0 Å². The Labute approximate surface area is 149 Å². The molecule has 0 saturated carbocycles. The van der Waals surface area contributed by atoms with Gasteiger partial charge in [-0.05, 0) is 56.1 Å². The molecule has 0 aliphatic carbocycles. The second kappa shape index (κ2) is 7.46. The first-order valence-electron chi connectivity index (χ1n) is 9.20. The third-order valence-electron chi connectivity index (χ3n) is 5.22. The largest absolute Gasteiger partial charge is 0.454 e. The van der Waals surface area contributed by atoms with Crippen molar-refractivity contribution in [2.45, 2.75) is 38.4 Å². The molecule has 2 aliphatic rings. The fourth-order valence-corrected chi connectivity index (χ4v) is 3.73. The first kappa shape index (κ1) is 16.4. The molecule has 0 bridgehead atoms. The minimum Gasteiger partial charge on any atom is -0.454 e. The molecule has 0 aromatic heterocycles. The number of benzene rings is 2. The van der Waals surface area contributed by atoms with E-state index in [9.17, 15) is 0 Å². The fourth-order valence-electron chi connectivity index (χ4n) is 3.73. The molecule has 132 valence electrons. The van der Waals surface area contributed by atoms with Crippen LogP contribution in [0.1, 0.15) is 36.9 Å². The molecular weight excluding hydrogens is 312 g/mol. The molecule has 1 N–H and O–H groups in total. The van der Waals surface area contributed by atoms with Crippen molar-refractivity contribution in [1.82, 2.24) is 10.2 Å². The number of piperidine rings is 1. The van der Waals surface area contributed by atoms with Gasteiger partial charge in [-0.1, -0.05) is 36.4 Å². The van der Waals surface area contributed by atoms with Crippen molar-refractivity contribution in [3.63, 3.8) is 0 Å². The van der Waals surface area contributed by atoms with Crippen LogP contribution in [-0.4, -0.2) is 30.8 Å². The van der Waals surface area contributed by atoms with Gasteiger partial charge in [0.15, 0.2) is 11.5 Å². The van der Waals surface area contributed by atoms with Crippen LogP contribution in [0.3, 0.4) is 0 Å². The van der Waals surface area contributed by atoms with Crippen LogP contribution in [0.2, 0.25) is 0 Å². The summed E-state index contributed by atoms with van der Waals surface area (Å²) in [5.74, 6) is 1.72. The first-order valence-corrected chi connectivity index (χ1v) is 9.20. The normalized spacial score (nSPS) is 19.1. The minimum absolute atomic E-state index is 0.320. The van der Waals surface area contributed by atoms with Gasteiger partial charge in [0, 0.05) is 18.6 Å². The average molecular weight is 338 g/mol. The van der Waals surface area contributed by atoms with Crippen LogP contribution in [0.5, 0.6) is 11.5 Å². The Balaban J connectivity index is 1.28. The van der Waals surface area contributed by atoms with Gasteiger partial charge in [-0.2, -0.15) is 0 Å². The third kappa shape index (κ3) is 3.97. The molecule has 4 nitrogen and oxygen atoms in total. The molecule has 2 aromatic rings. The highest BCUT2D eigenvalue weighted by Gasteiger charge is 2.22. The van der Waals surface area contributed by atoms with Crippen LogP contribution in [0.4, 0.5) is 0 Å². The molecule has 0 radical (unpaired) electrons. The number of rotatable bonds is 5. The molecular formula is C21H26N2O2. The van der Waals surface area contributed by atoms with E-state index in [0.29, 0.717) is 18.9 Å². The van der Waals surface area contributed by atoms with Crippen molar-refractivity contribution in [1.29, 1.82) is 0 Å². The molecule has 1 atom stereocenters. The van der Waals surface area contributed by atoms with Crippen LogP contribution < -0.4 is 14.8 Å². The fraction of sp³-hybridized carbons (Fsp3) is 0.429. The Kier molecular flexibility index (Phi) is 4.90. The lowest BCUT2D eigenvalue weighted by atomic mass is 10.0. The maximum atomic E-state index is 5.49. The van der Waals surface area contributed by atoms with Crippen LogP contribution in [0.25, 0.3) is 0 Å². The number of likely N-dealkylation sites (tertiary alicyclic amines) is 1. The lowest BCUT2D eigenvalue weighted by Crippen LogP contribution is -2.42. The Morgan fingerprint density at radius 2 is 1.80 bits per heavy atom. The van der Waals surface area contributed by atoms with Crippen molar-refractivity contribution in [3.05, 3.63) is 59.7 Å². The molecule has 2 aliphatic heterocycles. The predicted octanol–water partition coefficient (Wildman–Crippen LogP) is 3.73. The second-order valence-corrected chi connectivity index (χ2v) is 7.04. The topological polar surface area (TPSA) is 33.7 Å². The number of nitrogens with one attached hydrogen (secondary N) is 1. The summed E-state index contributed by atoms with van der Waals surface area (Å²) >= 11 is 0. The lowest BCUT2D eigenvalue weighted by Gasteiger charge is -2.34. The summed E-state index contributed by atoms with van der Waals surface area (Å²) in [6, 6.07) is 17.9. The number of hydrogen-bond acceptors (Lipinski definition) is 4. The zero-order valence-corrected chi connectivity index (χ0v) is 14.8. The molecule has 0 spiro atoms. The van der Waals surface area contributed by atoms with Crippen LogP contribution in [0, 0.1) is 0 Å². The minimum atomic E-state index is 0.320. The van der Waals surface area contributed by atoms with E-state index >= 15 is 0 Å². The molecule has 1 saturated heterocycles. The van der Waals surface area contributed by atoms with Crippen molar-refractivity contribution in [2.24, 2.45) is 0 Å². The van der Waals surface area contributed by atoms with Crippen molar-refractivity contribution >= 4 is 0 Å². The first-order chi connectivity index (χ1) is 12.3. The summed E-state index contributed by atoms with van der Waals surface area (Å²) in [6.07, 6.45) is 2.39. The Morgan fingerprint density at radius 1 is 1.04 bits per heavy atom. The summed E-state index contributed by atoms with van der Waals surface area (Å²) in [5.41, 5.74) is 2.67. The number of nitrogens with zero attached hydrogens (tertiary/aromatic N) is 1. The maximum absolute atomic E-state index is 5.49. The van der Waals surface area contributed by atoms with Gasteiger partial charge in [-0.3, -0.25) is 4.90 Å². The SMILES string of the molecule is CC(NC1CCN(Cc2ccccc2)CC1)c1ccc2c(c1)OCO2. The van der Waals surface area contributed by atoms with Gasteiger partial charge in [0.2, 0.25) is 6.79 Å². The van der Waals surface area contributed by atoms with Gasteiger partial charge < -0.3 is 14.8 Å². The highest BCUT2D eigenvalue weighted by Crippen LogP contribution is 2.34. The van der Waals surface area contributed by atoms with E-state index in [4.69, 9.17) is 9.47 Å². The zero-order chi connectivity index (χ0) is 17.1. The van der Waals surface area contributed by atoms with Crippen LogP contribution >= 0.6 is 0 Å². The highest BCUT2D eigenvalue weighted by molar-refractivity contribution is 5.45. The van der Waals surface area contributed by atoms with Gasteiger partial charge >= 0.3 is 0 Å². The molecule has 2 aromatic carbocycles. The van der Waals surface area contributed by atoms with Crippen LogP contribution in [-0.2, 0) is 6.54 Å². The van der Waals surface area contributed by atoms with Gasteiger partial charge in [-0.15, -0.1) is 0 Å². The van der Waals surface area contributed by atoms with E-state index in [1.165, 1.54) is 24.0 Å². The van der Waals surface area contributed by atoms with E-state index in [-0.39, 0.29) is 0 Å². The maximum Gasteiger partial charge on any atom is 0.231 e. The Hall–Kier alpha value is -2.04. The predicted molar refractivity (Wildman–Crippen MR) is 98.9 cm³/mol. The second-order valence-electron chi connectivity index (χ2n) is 7.04. The summed E-state index contributed by atoms with van der Waals surface area (Å²) in [6.45, 7) is 5.93. The monoisotopic (exact) mass is 338 g/mol. The van der Waals surface area contributed by atoms with Crippen LogP contribution in [0.15, 0.2) is 48.5 Å². The molecule has 4 rings (SSSR count). The number of ether oxygens (including phenoxy) is 2. The summed E-state index contributed by atoms with van der Waals surface area (Å²) in [5, 5.41) is 3.79. The average Bonchev–Trinajstić information content (AvgIpc) is 3.12. The number of hydrogen-bond donors (Lipinski definition) is 1. The molecule has 0 amide bonds. The summed E-state index contributed by atoms with van der Waals surface area (Å²) in [4.78, 5) is 2.55. The van der Waals surface area contributed by atoms with Crippen molar-refractivity contribution < 1.29 is 9.47 Å². The van der Waals surface area contributed by atoms with Gasteiger partial charge in [0.05, 0.1) is 0 Å². The Morgan fingerprint density at radius 3 is 2.60 bits per heavy atom. The third-order valence-corrected chi connectivity index (χ3v) is 5.22. The zero-order valence-electron chi connectivity index (χ0n) is 14.8. The van der Waals surface area contributed by atoms with Crippen molar-refractivity contribution in [3.8, 4) is 11.5 Å². The van der Waals surface area contributed by atoms with Crippen molar-refractivity contribution in [2.75, 3.05) is 19.9 Å². The molecule has 1 unspecified atom stereocenters. The van der Waals surface area contributed by atoms with E-state index < -0.39 is 0 Å². The number of fused-ring (bicyclic) bond motifs is 1. The summed E-state index contributed by atoms with van der Waals surface area (Å²) < 4.78 is 10.9.